The number of esters is 1. The summed E-state index contributed by atoms with van der Waals surface area (Å²) in [4.78, 5) is 38.7. The zero-order valence-electron chi connectivity index (χ0n) is 17.1. The monoisotopic (exact) mass is 439 g/mol. The average Bonchev–Trinajstić information content (AvgIpc) is 2.79. The molecular formula is C23H25N3O4S. The highest BCUT2D eigenvalue weighted by atomic mass is 32.1. The van der Waals surface area contributed by atoms with E-state index in [0.29, 0.717) is 25.1 Å². The fraction of sp³-hybridized carbons (Fsp3) is 0.304. The van der Waals surface area contributed by atoms with Crippen LogP contribution in [0.5, 0.6) is 0 Å². The predicted octanol–water partition coefficient (Wildman–Crippen LogP) is 2.07. The van der Waals surface area contributed by atoms with Crippen molar-refractivity contribution in [2.24, 2.45) is 0 Å². The number of carbonyl (C=O) groups is 3. The lowest BCUT2D eigenvalue weighted by Gasteiger charge is -2.36. The molecule has 7 nitrogen and oxygen atoms in total. The fourth-order valence-electron chi connectivity index (χ4n) is 3.32. The summed E-state index contributed by atoms with van der Waals surface area (Å²) in [5.41, 5.74) is 1.64. The summed E-state index contributed by atoms with van der Waals surface area (Å²) in [6.45, 7) is 1.05. The molecule has 1 heterocycles. The molecule has 0 aliphatic carbocycles. The van der Waals surface area contributed by atoms with Gasteiger partial charge in [0.15, 0.2) is 5.11 Å². The maximum Gasteiger partial charge on any atom is 0.308 e. The molecule has 0 bridgehead atoms. The quantitative estimate of drug-likeness (QED) is 0.390. The third kappa shape index (κ3) is 6.62. The van der Waals surface area contributed by atoms with Crippen LogP contribution in [0.1, 0.15) is 28.8 Å². The average molecular weight is 440 g/mol. The van der Waals surface area contributed by atoms with Gasteiger partial charge in [0.2, 0.25) is 5.91 Å². The van der Waals surface area contributed by atoms with Gasteiger partial charge in [-0.25, -0.2) is 0 Å². The normalized spacial score (nSPS) is 15.7. The Balaban J connectivity index is 1.51. The number of nitrogens with zero attached hydrogens (tertiary/aromatic N) is 1. The molecule has 1 aliphatic heterocycles. The standard InChI is InChI=1S/C23H25N3O4S/c27-20(30-15-7-10-17-8-3-1-4-9-17)16-19-22(29)24-13-14-26(19)23(31)25-21(28)18-11-5-2-6-12-18/h1-6,8-9,11-12,19H,7,10,13-16H2,(H,24,29)(H,25,28,31)/t19-/m1/s1. The second-order valence-electron chi connectivity index (χ2n) is 7.14. The second-order valence-corrected chi connectivity index (χ2v) is 7.53. The smallest absolute Gasteiger partial charge is 0.308 e. The van der Waals surface area contributed by atoms with Gasteiger partial charge in [-0.15, -0.1) is 0 Å². The molecule has 2 N–H and O–H groups in total. The van der Waals surface area contributed by atoms with Crippen molar-refractivity contribution in [2.45, 2.75) is 25.3 Å². The lowest BCUT2D eigenvalue weighted by molar-refractivity contribution is -0.147. The third-order valence-electron chi connectivity index (χ3n) is 4.92. The summed E-state index contributed by atoms with van der Waals surface area (Å²) in [5.74, 6) is -1.15. The van der Waals surface area contributed by atoms with Gasteiger partial charge < -0.3 is 15.0 Å². The first kappa shape index (κ1) is 22.4. The lowest BCUT2D eigenvalue weighted by Crippen LogP contribution is -2.60. The maximum atomic E-state index is 12.4. The summed E-state index contributed by atoms with van der Waals surface area (Å²) >= 11 is 5.36. The van der Waals surface area contributed by atoms with Crippen molar-refractivity contribution in [1.29, 1.82) is 0 Å². The highest BCUT2D eigenvalue weighted by Crippen LogP contribution is 2.12. The van der Waals surface area contributed by atoms with E-state index < -0.39 is 12.0 Å². The van der Waals surface area contributed by atoms with Crippen molar-refractivity contribution in [1.82, 2.24) is 15.5 Å². The van der Waals surface area contributed by atoms with Crippen LogP contribution in [0.3, 0.4) is 0 Å². The van der Waals surface area contributed by atoms with Crippen molar-refractivity contribution in [3.63, 3.8) is 0 Å². The first-order chi connectivity index (χ1) is 15.0. The SMILES string of the molecule is O=C(C[C@@H]1C(=O)NCCN1C(=S)NC(=O)c1ccccc1)OCCCc1ccccc1. The van der Waals surface area contributed by atoms with Crippen LogP contribution in [-0.4, -0.2) is 53.5 Å². The van der Waals surface area contributed by atoms with E-state index in [1.165, 1.54) is 5.56 Å². The number of amides is 2. The van der Waals surface area contributed by atoms with Crippen molar-refractivity contribution < 1.29 is 19.1 Å². The summed E-state index contributed by atoms with van der Waals surface area (Å²) in [5, 5.41) is 5.50. The summed E-state index contributed by atoms with van der Waals surface area (Å²) in [6, 6.07) is 17.8. The summed E-state index contributed by atoms with van der Waals surface area (Å²) in [7, 11) is 0. The molecule has 1 atom stereocenters. The number of benzene rings is 2. The molecular weight excluding hydrogens is 414 g/mol. The van der Waals surface area contributed by atoms with Crippen LogP contribution < -0.4 is 10.6 Å². The number of carbonyl (C=O) groups excluding carboxylic acids is 3. The van der Waals surface area contributed by atoms with Gasteiger partial charge >= 0.3 is 5.97 Å². The highest BCUT2D eigenvalue weighted by molar-refractivity contribution is 7.80. The highest BCUT2D eigenvalue weighted by Gasteiger charge is 2.34. The zero-order valence-corrected chi connectivity index (χ0v) is 17.9. The van der Waals surface area contributed by atoms with Crippen LogP contribution in [0.2, 0.25) is 0 Å². The molecule has 2 amide bonds. The van der Waals surface area contributed by atoms with Crippen LogP contribution in [0.15, 0.2) is 60.7 Å². The summed E-state index contributed by atoms with van der Waals surface area (Å²) in [6.07, 6.45) is 1.36. The van der Waals surface area contributed by atoms with E-state index in [1.54, 1.807) is 29.2 Å². The molecule has 0 radical (unpaired) electrons. The Hall–Kier alpha value is -3.26. The Bertz CT molecular complexity index is 921. The van der Waals surface area contributed by atoms with Crippen LogP contribution in [0.4, 0.5) is 0 Å². The maximum absolute atomic E-state index is 12.4. The predicted molar refractivity (Wildman–Crippen MR) is 120 cm³/mol. The molecule has 0 spiro atoms. The minimum absolute atomic E-state index is 0.116. The van der Waals surface area contributed by atoms with Crippen LogP contribution >= 0.6 is 12.2 Å². The molecule has 1 fully saturated rings. The fourth-order valence-corrected chi connectivity index (χ4v) is 3.63. The molecule has 162 valence electrons. The Morgan fingerprint density at radius 3 is 2.48 bits per heavy atom. The number of aryl methyl sites for hydroxylation is 1. The molecule has 31 heavy (non-hydrogen) atoms. The summed E-state index contributed by atoms with van der Waals surface area (Å²) < 4.78 is 5.32. The van der Waals surface area contributed by atoms with Gasteiger partial charge in [0.05, 0.1) is 13.0 Å². The number of ether oxygens (including phenoxy) is 1. The van der Waals surface area contributed by atoms with E-state index in [4.69, 9.17) is 17.0 Å². The number of piperazine rings is 1. The Kier molecular flexibility index (Phi) is 8.12. The minimum atomic E-state index is -0.820. The van der Waals surface area contributed by atoms with Crippen molar-refractivity contribution in [3.05, 3.63) is 71.8 Å². The lowest BCUT2D eigenvalue weighted by atomic mass is 10.1. The van der Waals surface area contributed by atoms with E-state index in [1.807, 2.05) is 36.4 Å². The van der Waals surface area contributed by atoms with E-state index in [2.05, 4.69) is 10.6 Å². The molecule has 0 saturated carbocycles. The van der Waals surface area contributed by atoms with Crippen molar-refractivity contribution in [2.75, 3.05) is 19.7 Å². The van der Waals surface area contributed by atoms with E-state index in [-0.39, 0.29) is 30.0 Å². The Morgan fingerprint density at radius 1 is 1.10 bits per heavy atom. The molecule has 1 aliphatic rings. The number of thiocarbonyl (C=S) groups is 1. The Morgan fingerprint density at radius 2 is 1.77 bits per heavy atom. The Labute approximate surface area is 186 Å². The number of nitrogens with one attached hydrogen (secondary N) is 2. The molecule has 2 aromatic carbocycles. The van der Waals surface area contributed by atoms with Gasteiger partial charge in [-0.05, 0) is 42.8 Å². The third-order valence-corrected chi connectivity index (χ3v) is 5.26. The minimum Gasteiger partial charge on any atom is -0.466 e. The van der Waals surface area contributed by atoms with Gasteiger partial charge in [0.25, 0.3) is 5.91 Å². The molecule has 2 aromatic rings. The molecule has 0 unspecified atom stereocenters. The molecule has 8 heteroatoms. The number of hydrogen-bond donors (Lipinski definition) is 2. The van der Waals surface area contributed by atoms with Crippen molar-refractivity contribution >= 4 is 35.1 Å². The first-order valence-electron chi connectivity index (χ1n) is 10.2. The first-order valence-corrected chi connectivity index (χ1v) is 10.6. The van der Waals surface area contributed by atoms with E-state index in [9.17, 15) is 14.4 Å². The molecule has 1 saturated heterocycles. The van der Waals surface area contributed by atoms with Crippen LogP contribution in [-0.2, 0) is 20.7 Å². The second kappa shape index (κ2) is 11.2. The molecule has 3 rings (SSSR count). The number of hydrogen-bond acceptors (Lipinski definition) is 5. The van der Waals surface area contributed by atoms with E-state index in [0.717, 1.165) is 6.42 Å². The largest absolute Gasteiger partial charge is 0.466 e. The van der Waals surface area contributed by atoms with E-state index >= 15 is 0 Å². The number of rotatable bonds is 7. The van der Waals surface area contributed by atoms with Gasteiger partial charge in [0.1, 0.15) is 6.04 Å². The van der Waals surface area contributed by atoms with Gasteiger partial charge in [-0.3, -0.25) is 19.7 Å². The van der Waals surface area contributed by atoms with Crippen LogP contribution in [0.25, 0.3) is 0 Å². The van der Waals surface area contributed by atoms with Crippen molar-refractivity contribution in [3.8, 4) is 0 Å². The molecule has 0 aromatic heterocycles. The topological polar surface area (TPSA) is 87.7 Å². The van der Waals surface area contributed by atoms with Gasteiger partial charge in [-0.2, -0.15) is 0 Å². The van der Waals surface area contributed by atoms with Gasteiger partial charge in [-0.1, -0.05) is 48.5 Å². The van der Waals surface area contributed by atoms with Gasteiger partial charge in [0, 0.05) is 18.7 Å². The van der Waals surface area contributed by atoms with Crippen LogP contribution in [0, 0.1) is 0 Å². The zero-order chi connectivity index (χ0) is 22.1.